The monoisotopic (exact) mass is 221 g/mol. The second kappa shape index (κ2) is 8.17. The summed E-state index contributed by atoms with van der Waals surface area (Å²) in [6.07, 6.45) is 3.43. The van der Waals surface area contributed by atoms with Crippen molar-refractivity contribution in [3.05, 3.63) is 30.3 Å². The van der Waals surface area contributed by atoms with Crippen LogP contribution in [0.3, 0.4) is 0 Å². The SMILES string of the molecule is CCCNC(CC)CCOc1ccccc1. The molecule has 1 unspecified atom stereocenters. The van der Waals surface area contributed by atoms with E-state index >= 15 is 0 Å². The van der Waals surface area contributed by atoms with E-state index in [2.05, 4.69) is 19.2 Å². The fourth-order valence-corrected chi connectivity index (χ4v) is 1.63. The maximum Gasteiger partial charge on any atom is 0.119 e. The Kier molecular flexibility index (Phi) is 6.66. The van der Waals surface area contributed by atoms with Crippen LogP contribution in [-0.4, -0.2) is 19.2 Å². The molecule has 0 heterocycles. The van der Waals surface area contributed by atoms with Crippen LogP contribution in [0.25, 0.3) is 0 Å². The zero-order chi connectivity index (χ0) is 11.6. The summed E-state index contributed by atoms with van der Waals surface area (Å²) in [5.74, 6) is 0.966. The van der Waals surface area contributed by atoms with E-state index in [4.69, 9.17) is 4.74 Å². The zero-order valence-electron chi connectivity index (χ0n) is 10.4. The van der Waals surface area contributed by atoms with Gasteiger partial charge < -0.3 is 10.1 Å². The highest BCUT2D eigenvalue weighted by atomic mass is 16.5. The van der Waals surface area contributed by atoms with Gasteiger partial charge in [-0.2, -0.15) is 0 Å². The topological polar surface area (TPSA) is 21.3 Å². The second-order valence-electron chi connectivity index (χ2n) is 4.01. The van der Waals surface area contributed by atoms with Crippen LogP contribution in [-0.2, 0) is 0 Å². The van der Waals surface area contributed by atoms with Gasteiger partial charge in [0.1, 0.15) is 5.75 Å². The first kappa shape index (κ1) is 13.0. The smallest absolute Gasteiger partial charge is 0.119 e. The average molecular weight is 221 g/mol. The van der Waals surface area contributed by atoms with E-state index < -0.39 is 0 Å². The fourth-order valence-electron chi connectivity index (χ4n) is 1.63. The molecule has 0 saturated heterocycles. The number of rotatable bonds is 8. The molecule has 1 aromatic rings. The van der Waals surface area contributed by atoms with Crippen molar-refractivity contribution in [2.75, 3.05) is 13.2 Å². The molecular formula is C14H23NO. The second-order valence-corrected chi connectivity index (χ2v) is 4.01. The van der Waals surface area contributed by atoms with Gasteiger partial charge in [0.25, 0.3) is 0 Å². The predicted molar refractivity (Wildman–Crippen MR) is 68.9 cm³/mol. The van der Waals surface area contributed by atoms with Crippen LogP contribution < -0.4 is 10.1 Å². The van der Waals surface area contributed by atoms with Crippen LogP contribution in [0.2, 0.25) is 0 Å². The van der Waals surface area contributed by atoms with Gasteiger partial charge in [-0.25, -0.2) is 0 Å². The molecule has 0 fully saturated rings. The average Bonchev–Trinajstić information content (AvgIpc) is 2.35. The summed E-state index contributed by atoms with van der Waals surface area (Å²) in [6.45, 7) is 6.30. The molecule has 0 aliphatic carbocycles. The van der Waals surface area contributed by atoms with E-state index in [0.717, 1.165) is 31.7 Å². The van der Waals surface area contributed by atoms with Crippen LogP contribution in [0.5, 0.6) is 5.75 Å². The Morgan fingerprint density at radius 2 is 1.94 bits per heavy atom. The normalized spacial score (nSPS) is 12.4. The molecule has 90 valence electrons. The van der Waals surface area contributed by atoms with Gasteiger partial charge in [0.2, 0.25) is 0 Å². The largest absolute Gasteiger partial charge is 0.494 e. The Hall–Kier alpha value is -1.02. The molecule has 0 bridgehead atoms. The van der Waals surface area contributed by atoms with Gasteiger partial charge in [-0.05, 0) is 37.9 Å². The third-order valence-electron chi connectivity index (χ3n) is 2.65. The lowest BCUT2D eigenvalue weighted by molar-refractivity contribution is 0.283. The van der Waals surface area contributed by atoms with E-state index in [9.17, 15) is 0 Å². The standard InChI is InChI=1S/C14H23NO/c1-3-11-15-13(4-2)10-12-16-14-8-6-5-7-9-14/h5-9,13,15H,3-4,10-12H2,1-2H3. The third kappa shape index (κ3) is 5.17. The highest BCUT2D eigenvalue weighted by Gasteiger charge is 2.04. The van der Waals surface area contributed by atoms with Gasteiger partial charge in [0.05, 0.1) is 6.61 Å². The molecule has 1 N–H and O–H groups in total. The molecule has 2 nitrogen and oxygen atoms in total. The van der Waals surface area contributed by atoms with Gasteiger partial charge in [-0.3, -0.25) is 0 Å². The molecule has 1 atom stereocenters. The summed E-state index contributed by atoms with van der Waals surface area (Å²) in [7, 11) is 0. The molecule has 0 aliphatic rings. The molecule has 0 aromatic heterocycles. The molecule has 16 heavy (non-hydrogen) atoms. The summed E-state index contributed by atoms with van der Waals surface area (Å²) in [4.78, 5) is 0. The Bertz CT molecular complexity index is 261. The molecule has 0 spiro atoms. The van der Waals surface area contributed by atoms with Crippen molar-refractivity contribution in [1.29, 1.82) is 0 Å². The van der Waals surface area contributed by atoms with Crippen LogP contribution in [0.4, 0.5) is 0 Å². The van der Waals surface area contributed by atoms with E-state index in [1.54, 1.807) is 0 Å². The lowest BCUT2D eigenvalue weighted by Crippen LogP contribution is -2.30. The third-order valence-corrected chi connectivity index (χ3v) is 2.65. The zero-order valence-corrected chi connectivity index (χ0v) is 10.4. The van der Waals surface area contributed by atoms with Crippen LogP contribution in [0, 0.1) is 0 Å². The minimum Gasteiger partial charge on any atom is -0.494 e. The van der Waals surface area contributed by atoms with Crippen LogP contribution >= 0.6 is 0 Å². The van der Waals surface area contributed by atoms with Crippen molar-refractivity contribution in [3.8, 4) is 5.75 Å². The van der Waals surface area contributed by atoms with Crippen molar-refractivity contribution in [2.45, 2.75) is 39.2 Å². The van der Waals surface area contributed by atoms with E-state index in [0.29, 0.717) is 6.04 Å². The molecule has 0 aliphatic heterocycles. The van der Waals surface area contributed by atoms with Crippen LogP contribution in [0.1, 0.15) is 33.1 Å². The fraction of sp³-hybridized carbons (Fsp3) is 0.571. The molecule has 1 rings (SSSR count). The summed E-state index contributed by atoms with van der Waals surface area (Å²) < 4.78 is 5.68. The Labute approximate surface area is 99.0 Å². The first-order valence-corrected chi connectivity index (χ1v) is 6.28. The summed E-state index contributed by atoms with van der Waals surface area (Å²) in [5.41, 5.74) is 0. The molecule has 1 aromatic carbocycles. The van der Waals surface area contributed by atoms with E-state index in [1.807, 2.05) is 30.3 Å². The molecule has 0 amide bonds. The van der Waals surface area contributed by atoms with Crippen LogP contribution in [0.15, 0.2) is 30.3 Å². The first-order chi connectivity index (χ1) is 7.86. The highest BCUT2D eigenvalue weighted by Crippen LogP contribution is 2.09. The summed E-state index contributed by atoms with van der Waals surface area (Å²) >= 11 is 0. The van der Waals surface area contributed by atoms with E-state index in [-0.39, 0.29) is 0 Å². The number of hydrogen-bond acceptors (Lipinski definition) is 2. The molecule has 0 saturated carbocycles. The van der Waals surface area contributed by atoms with Gasteiger partial charge >= 0.3 is 0 Å². The highest BCUT2D eigenvalue weighted by molar-refractivity contribution is 5.20. The minimum absolute atomic E-state index is 0.587. The first-order valence-electron chi connectivity index (χ1n) is 6.28. The van der Waals surface area contributed by atoms with E-state index in [1.165, 1.54) is 6.42 Å². The van der Waals surface area contributed by atoms with Gasteiger partial charge in [0.15, 0.2) is 0 Å². The van der Waals surface area contributed by atoms with Gasteiger partial charge in [-0.15, -0.1) is 0 Å². The van der Waals surface area contributed by atoms with Crippen molar-refractivity contribution in [3.63, 3.8) is 0 Å². The Morgan fingerprint density at radius 1 is 1.19 bits per heavy atom. The number of hydrogen-bond donors (Lipinski definition) is 1. The van der Waals surface area contributed by atoms with Crippen molar-refractivity contribution >= 4 is 0 Å². The van der Waals surface area contributed by atoms with Crippen molar-refractivity contribution in [1.82, 2.24) is 5.32 Å². The molecular weight excluding hydrogens is 198 g/mol. The lowest BCUT2D eigenvalue weighted by atomic mass is 10.1. The number of nitrogens with one attached hydrogen (secondary N) is 1. The van der Waals surface area contributed by atoms with Crippen molar-refractivity contribution < 1.29 is 4.74 Å². The number of para-hydroxylation sites is 1. The maximum atomic E-state index is 5.68. The lowest BCUT2D eigenvalue weighted by Gasteiger charge is -2.16. The summed E-state index contributed by atoms with van der Waals surface area (Å²) in [5, 5.41) is 3.53. The van der Waals surface area contributed by atoms with Crippen molar-refractivity contribution in [2.24, 2.45) is 0 Å². The quantitative estimate of drug-likeness (QED) is 0.727. The molecule has 2 heteroatoms. The summed E-state index contributed by atoms with van der Waals surface area (Å²) in [6, 6.07) is 10.6. The maximum absolute atomic E-state index is 5.68. The number of benzene rings is 1. The Balaban J connectivity index is 2.18. The van der Waals surface area contributed by atoms with Gasteiger partial charge in [-0.1, -0.05) is 32.0 Å². The molecule has 0 radical (unpaired) electrons. The Morgan fingerprint density at radius 3 is 2.56 bits per heavy atom. The van der Waals surface area contributed by atoms with Gasteiger partial charge in [0, 0.05) is 6.04 Å². The minimum atomic E-state index is 0.587. The number of ether oxygens (including phenoxy) is 1. The predicted octanol–water partition coefficient (Wildman–Crippen LogP) is 3.23.